The summed E-state index contributed by atoms with van der Waals surface area (Å²) in [5.41, 5.74) is -0.146. The van der Waals surface area contributed by atoms with Gasteiger partial charge in [-0.05, 0) is 43.7 Å². The van der Waals surface area contributed by atoms with E-state index in [4.69, 9.17) is 13.7 Å². The molecule has 0 radical (unpaired) electrons. The molecule has 2 aromatic rings. The first kappa shape index (κ1) is 22.5. The summed E-state index contributed by atoms with van der Waals surface area (Å²) < 4.78 is 40.5. The smallest absolute Gasteiger partial charge is 0.303 e. The van der Waals surface area contributed by atoms with Crippen molar-refractivity contribution in [2.75, 3.05) is 6.26 Å². The fraction of sp³-hybridized carbons (Fsp3) is 0.381. The fourth-order valence-electron chi connectivity index (χ4n) is 3.54. The van der Waals surface area contributed by atoms with Crippen molar-refractivity contribution in [1.82, 2.24) is 4.57 Å². The maximum atomic E-state index is 12.8. The van der Waals surface area contributed by atoms with E-state index in [1.165, 1.54) is 29.8 Å². The number of hydrogen-bond donors (Lipinski definition) is 0. The quantitative estimate of drug-likeness (QED) is 0.504. The Morgan fingerprint density at radius 1 is 1.29 bits per heavy atom. The minimum atomic E-state index is -3.69. The van der Waals surface area contributed by atoms with Crippen LogP contribution in [0.25, 0.3) is 0 Å². The van der Waals surface area contributed by atoms with Gasteiger partial charge in [-0.15, -0.1) is 0 Å². The molecule has 0 aliphatic carbocycles. The molecule has 1 aromatic carbocycles. The molecule has 1 aromatic heterocycles. The lowest BCUT2D eigenvalue weighted by Gasteiger charge is -2.44. The number of rotatable bonds is 5. The molecule has 0 spiro atoms. The van der Waals surface area contributed by atoms with Crippen molar-refractivity contribution >= 4 is 16.1 Å². The van der Waals surface area contributed by atoms with Gasteiger partial charge in [0.15, 0.2) is 6.10 Å². The lowest BCUT2D eigenvalue weighted by molar-refractivity contribution is -0.163. The molecule has 2 heterocycles. The van der Waals surface area contributed by atoms with Crippen molar-refractivity contribution in [2.45, 2.75) is 45.1 Å². The predicted molar refractivity (Wildman–Crippen MR) is 110 cm³/mol. The van der Waals surface area contributed by atoms with Gasteiger partial charge in [0, 0.05) is 24.8 Å². The van der Waals surface area contributed by atoms with Crippen molar-refractivity contribution in [2.24, 2.45) is 0 Å². The molecule has 31 heavy (non-hydrogen) atoms. The summed E-state index contributed by atoms with van der Waals surface area (Å²) in [6, 6.07) is 8.78. The number of benzene rings is 1. The number of aromatic nitrogens is 1. The summed E-state index contributed by atoms with van der Waals surface area (Å²) in [4.78, 5) is 24.7. The van der Waals surface area contributed by atoms with Crippen LogP contribution in [0.3, 0.4) is 0 Å². The van der Waals surface area contributed by atoms with Crippen LogP contribution < -0.4 is 10.3 Å². The Bertz CT molecular complexity index is 1230. The zero-order valence-electron chi connectivity index (χ0n) is 17.5. The standard InChI is InChI=1S/C21H22N2O7S/c1-13(24)29-20-19(16-9-14(10-22)5-7-17(16)30-21(20,2)3)23-11-15(6-8-18(23)25)12-28-31(4,26)27/h5-9,11,19-20H,12H2,1-4H3/t19-,20+/m1/s1. The lowest BCUT2D eigenvalue weighted by Crippen LogP contribution is -2.54. The Kier molecular flexibility index (Phi) is 5.93. The molecule has 0 unspecified atom stereocenters. The largest absolute Gasteiger partial charge is 0.484 e. The van der Waals surface area contributed by atoms with Gasteiger partial charge in [-0.25, -0.2) is 0 Å². The van der Waals surface area contributed by atoms with E-state index in [1.807, 2.05) is 0 Å². The van der Waals surface area contributed by atoms with Crippen LogP contribution in [0.15, 0.2) is 41.3 Å². The van der Waals surface area contributed by atoms with Crippen molar-refractivity contribution in [3.05, 3.63) is 63.6 Å². The summed E-state index contributed by atoms with van der Waals surface area (Å²) in [5, 5.41) is 9.34. The Hall–Kier alpha value is -3.16. The third-order valence-electron chi connectivity index (χ3n) is 4.83. The highest BCUT2D eigenvalue weighted by Gasteiger charge is 2.47. The number of ether oxygens (including phenoxy) is 2. The number of nitrogens with zero attached hydrogens (tertiary/aromatic N) is 2. The summed E-state index contributed by atoms with van der Waals surface area (Å²) in [7, 11) is -3.69. The van der Waals surface area contributed by atoms with Crippen LogP contribution in [0.1, 0.15) is 43.5 Å². The minimum absolute atomic E-state index is 0.269. The number of carbonyl (C=O) groups is 1. The van der Waals surface area contributed by atoms with Gasteiger partial charge in [-0.1, -0.05) is 0 Å². The fourth-order valence-corrected chi connectivity index (χ4v) is 3.89. The van der Waals surface area contributed by atoms with Gasteiger partial charge in [0.2, 0.25) is 0 Å². The highest BCUT2D eigenvalue weighted by atomic mass is 32.2. The Labute approximate surface area is 179 Å². The highest BCUT2D eigenvalue weighted by Crippen LogP contribution is 2.43. The third-order valence-corrected chi connectivity index (χ3v) is 5.38. The summed E-state index contributed by atoms with van der Waals surface area (Å²) in [6.45, 7) is 4.45. The highest BCUT2D eigenvalue weighted by molar-refractivity contribution is 7.85. The van der Waals surface area contributed by atoms with E-state index in [0.717, 1.165) is 6.26 Å². The predicted octanol–water partition coefficient (Wildman–Crippen LogP) is 1.89. The van der Waals surface area contributed by atoms with Crippen LogP contribution in [-0.2, 0) is 30.4 Å². The zero-order valence-corrected chi connectivity index (χ0v) is 18.3. The topological polar surface area (TPSA) is 125 Å². The van der Waals surface area contributed by atoms with Gasteiger partial charge in [0.25, 0.3) is 15.7 Å². The molecule has 0 fully saturated rings. The van der Waals surface area contributed by atoms with Gasteiger partial charge in [-0.3, -0.25) is 13.8 Å². The minimum Gasteiger partial charge on any atom is -0.484 e. The maximum Gasteiger partial charge on any atom is 0.303 e. The zero-order chi connectivity index (χ0) is 23.0. The van der Waals surface area contributed by atoms with Crippen LogP contribution in [0.4, 0.5) is 0 Å². The summed E-state index contributed by atoms with van der Waals surface area (Å²) in [6.07, 6.45) is 1.48. The molecule has 9 nitrogen and oxygen atoms in total. The van der Waals surface area contributed by atoms with E-state index >= 15 is 0 Å². The van der Waals surface area contributed by atoms with E-state index in [9.17, 15) is 23.3 Å². The second-order valence-corrected chi connectivity index (χ2v) is 9.44. The molecular formula is C21H22N2O7S. The van der Waals surface area contributed by atoms with Gasteiger partial charge in [-0.2, -0.15) is 13.7 Å². The second-order valence-electron chi connectivity index (χ2n) is 7.79. The summed E-state index contributed by atoms with van der Waals surface area (Å²) in [5.74, 6) is -0.113. The van der Waals surface area contributed by atoms with Gasteiger partial charge < -0.3 is 14.0 Å². The molecule has 164 valence electrons. The molecule has 1 aliphatic rings. The molecule has 0 saturated carbocycles. The van der Waals surface area contributed by atoms with Gasteiger partial charge in [0.05, 0.1) is 24.5 Å². The van der Waals surface area contributed by atoms with E-state index < -0.39 is 39.4 Å². The molecule has 0 saturated heterocycles. The monoisotopic (exact) mass is 446 g/mol. The molecule has 10 heteroatoms. The Morgan fingerprint density at radius 3 is 2.61 bits per heavy atom. The van der Waals surface area contributed by atoms with E-state index in [2.05, 4.69) is 6.07 Å². The van der Waals surface area contributed by atoms with E-state index in [1.54, 1.807) is 32.0 Å². The second kappa shape index (κ2) is 8.17. The van der Waals surface area contributed by atoms with E-state index in [0.29, 0.717) is 22.4 Å². The van der Waals surface area contributed by atoms with Crippen molar-refractivity contribution in [3.63, 3.8) is 0 Å². The average Bonchev–Trinajstić information content (AvgIpc) is 2.67. The first-order valence-corrected chi connectivity index (χ1v) is 11.2. The lowest BCUT2D eigenvalue weighted by atomic mass is 9.85. The molecular weight excluding hydrogens is 424 g/mol. The van der Waals surface area contributed by atoms with E-state index in [-0.39, 0.29) is 6.61 Å². The molecule has 3 rings (SSSR count). The number of hydrogen-bond acceptors (Lipinski definition) is 8. The van der Waals surface area contributed by atoms with Crippen LogP contribution in [0.2, 0.25) is 0 Å². The number of pyridine rings is 1. The molecule has 2 atom stereocenters. The van der Waals surface area contributed by atoms with Gasteiger partial charge >= 0.3 is 5.97 Å². The average molecular weight is 446 g/mol. The van der Waals surface area contributed by atoms with Crippen LogP contribution in [-0.4, -0.2) is 36.9 Å². The molecule has 1 aliphatic heterocycles. The number of carbonyl (C=O) groups excluding carboxylic acids is 1. The first-order valence-electron chi connectivity index (χ1n) is 9.37. The SMILES string of the molecule is CC(=O)O[C@H]1[C@H](n2cc(COS(C)(=O)=O)ccc2=O)c2cc(C#N)ccc2OC1(C)C. The molecule has 0 bridgehead atoms. The third kappa shape index (κ3) is 4.95. The Morgan fingerprint density at radius 2 is 2.00 bits per heavy atom. The Balaban J connectivity index is 2.21. The maximum absolute atomic E-state index is 12.8. The number of fused-ring (bicyclic) bond motifs is 1. The van der Waals surface area contributed by atoms with Crippen LogP contribution in [0.5, 0.6) is 5.75 Å². The van der Waals surface area contributed by atoms with Crippen molar-refractivity contribution in [1.29, 1.82) is 5.26 Å². The first-order chi connectivity index (χ1) is 14.4. The van der Waals surface area contributed by atoms with Crippen molar-refractivity contribution in [3.8, 4) is 11.8 Å². The summed E-state index contributed by atoms with van der Waals surface area (Å²) >= 11 is 0. The normalized spacial score (nSPS) is 19.6. The van der Waals surface area contributed by atoms with Crippen LogP contribution >= 0.6 is 0 Å². The van der Waals surface area contributed by atoms with Gasteiger partial charge in [0.1, 0.15) is 17.4 Å². The van der Waals surface area contributed by atoms with Crippen molar-refractivity contribution < 1.29 is 26.9 Å². The molecule has 0 amide bonds. The molecule has 0 N–H and O–H groups in total. The number of esters is 1. The van der Waals surface area contributed by atoms with Crippen LogP contribution in [0, 0.1) is 11.3 Å². The number of nitriles is 1.